The fourth-order valence-electron chi connectivity index (χ4n) is 4.38. The monoisotopic (exact) mass is 517 g/mol. The first kappa shape index (κ1) is 30.0. The number of aromatic hydroxyl groups is 1. The van der Waals surface area contributed by atoms with Crippen LogP contribution >= 0.6 is 0 Å². The molecule has 0 spiro atoms. The van der Waals surface area contributed by atoms with Crippen molar-refractivity contribution in [1.29, 1.82) is 0 Å². The fourth-order valence-corrected chi connectivity index (χ4v) is 5.35. The summed E-state index contributed by atoms with van der Waals surface area (Å²) in [5.41, 5.74) is 0.482. The number of benzene rings is 2. The Kier molecular flexibility index (Phi) is 15.1. The molecule has 0 saturated carbocycles. The van der Waals surface area contributed by atoms with Crippen LogP contribution in [0.5, 0.6) is 11.5 Å². The van der Waals surface area contributed by atoms with E-state index in [4.69, 9.17) is 4.18 Å². The SMILES string of the molecule is CCCCCCCCCCCCCCCCCCNc1cc(O)ccc1OS(=O)(=O)c1ccccc1. The standard InChI is InChI=1S/C30H47NO4S/c1-2-3-4-5-6-7-8-9-10-11-12-13-14-15-16-20-25-31-29-26-27(32)23-24-30(29)35-36(33,34)28-21-18-17-19-22-28/h17-19,21-24,26,31-32H,2-16,20,25H2,1H3. The minimum atomic E-state index is -3.93. The van der Waals surface area contributed by atoms with Crippen LogP contribution in [0.1, 0.15) is 110 Å². The van der Waals surface area contributed by atoms with Gasteiger partial charge >= 0.3 is 10.1 Å². The summed E-state index contributed by atoms with van der Waals surface area (Å²) in [5, 5.41) is 13.1. The minimum Gasteiger partial charge on any atom is -0.508 e. The molecule has 0 aliphatic carbocycles. The van der Waals surface area contributed by atoms with Crippen molar-refractivity contribution in [3.05, 3.63) is 48.5 Å². The van der Waals surface area contributed by atoms with Crippen LogP contribution in [0.4, 0.5) is 5.69 Å². The third-order valence-electron chi connectivity index (χ3n) is 6.54. The third kappa shape index (κ3) is 12.7. The maximum Gasteiger partial charge on any atom is 0.339 e. The van der Waals surface area contributed by atoms with Crippen molar-refractivity contribution in [1.82, 2.24) is 0 Å². The third-order valence-corrected chi connectivity index (χ3v) is 7.79. The van der Waals surface area contributed by atoms with Crippen molar-refractivity contribution in [3.8, 4) is 11.5 Å². The molecular weight excluding hydrogens is 470 g/mol. The predicted molar refractivity (Wildman–Crippen MR) is 150 cm³/mol. The fraction of sp³-hybridized carbons (Fsp3) is 0.600. The molecule has 0 heterocycles. The van der Waals surface area contributed by atoms with Crippen LogP contribution in [0.2, 0.25) is 0 Å². The second kappa shape index (κ2) is 18.1. The van der Waals surface area contributed by atoms with Crippen molar-refractivity contribution in [2.45, 2.75) is 115 Å². The summed E-state index contributed by atoms with van der Waals surface area (Å²) in [6, 6.07) is 12.5. The zero-order chi connectivity index (χ0) is 25.9. The molecule has 0 radical (unpaired) electrons. The molecule has 36 heavy (non-hydrogen) atoms. The zero-order valence-corrected chi connectivity index (χ0v) is 23.0. The molecule has 0 unspecified atom stereocenters. The molecule has 0 saturated heterocycles. The van der Waals surface area contributed by atoms with Crippen LogP contribution in [-0.2, 0) is 10.1 Å². The van der Waals surface area contributed by atoms with Crippen LogP contribution < -0.4 is 9.50 Å². The van der Waals surface area contributed by atoms with Gasteiger partial charge in [-0.2, -0.15) is 8.42 Å². The second-order valence-electron chi connectivity index (χ2n) is 9.76. The summed E-state index contributed by atoms with van der Waals surface area (Å²) < 4.78 is 30.5. The maximum absolute atomic E-state index is 12.6. The van der Waals surface area contributed by atoms with Crippen molar-refractivity contribution < 1.29 is 17.7 Å². The molecule has 2 N–H and O–H groups in total. The molecule has 6 heteroatoms. The maximum atomic E-state index is 12.6. The molecule has 0 aliphatic rings. The summed E-state index contributed by atoms with van der Waals surface area (Å²) in [7, 11) is -3.93. The van der Waals surface area contributed by atoms with Gasteiger partial charge in [-0.1, -0.05) is 121 Å². The molecule has 0 aromatic heterocycles. The number of phenolic OH excluding ortho intramolecular Hbond substituents is 1. The quantitative estimate of drug-likeness (QED) is 0.128. The van der Waals surface area contributed by atoms with E-state index >= 15 is 0 Å². The highest BCUT2D eigenvalue weighted by Gasteiger charge is 2.18. The summed E-state index contributed by atoms with van der Waals surface area (Å²) in [4.78, 5) is 0.0989. The van der Waals surface area contributed by atoms with E-state index in [1.54, 1.807) is 18.2 Å². The van der Waals surface area contributed by atoms with E-state index in [0.717, 1.165) is 12.8 Å². The lowest BCUT2D eigenvalue weighted by Gasteiger charge is -2.13. The van der Waals surface area contributed by atoms with Gasteiger partial charge in [-0.15, -0.1) is 0 Å². The van der Waals surface area contributed by atoms with Crippen LogP contribution in [0.25, 0.3) is 0 Å². The molecule has 0 fully saturated rings. The Morgan fingerprint density at radius 2 is 1.19 bits per heavy atom. The van der Waals surface area contributed by atoms with Crippen LogP contribution in [0.15, 0.2) is 53.4 Å². The molecule has 0 aliphatic heterocycles. The van der Waals surface area contributed by atoms with Crippen molar-refractivity contribution in [3.63, 3.8) is 0 Å². The topological polar surface area (TPSA) is 75.6 Å². The van der Waals surface area contributed by atoms with Gasteiger partial charge in [0.25, 0.3) is 0 Å². The number of hydrogen-bond acceptors (Lipinski definition) is 5. The van der Waals surface area contributed by atoms with Gasteiger partial charge < -0.3 is 14.6 Å². The summed E-state index contributed by atoms with van der Waals surface area (Å²) in [6.07, 6.45) is 21.2. The van der Waals surface area contributed by atoms with E-state index in [1.807, 2.05) is 0 Å². The van der Waals surface area contributed by atoms with Crippen LogP contribution in [0, 0.1) is 0 Å². The highest BCUT2D eigenvalue weighted by Crippen LogP contribution is 2.31. The van der Waals surface area contributed by atoms with Gasteiger partial charge in [-0.25, -0.2) is 0 Å². The molecule has 2 rings (SSSR count). The largest absolute Gasteiger partial charge is 0.508 e. The average Bonchev–Trinajstić information content (AvgIpc) is 2.88. The second-order valence-corrected chi connectivity index (χ2v) is 11.3. The lowest BCUT2D eigenvalue weighted by atomic mass is 10.0. The summed E-state index contributed by atoms with van der Waals surface area (Å²) in [5.74, 6) is 0.252. The Hall–Kier alpha value is -2.21. The Morgan fingerprint density at radius 3 is 1.72 bits per heavy atom. The van der Waals surface area contributed by atoms with E-state index in [2.05, 4.69) is 12.2 Å². The first-order valence-electron chi connectivity index (χ1n) is 14.1. The molecular formula is C30H47NO4S. The molecule has 202 valence electrons. The highest BCUT2D eigenvalue weighted by atomic mass is 32.2. The van der Waals surface area contributed by atoms with Crippen molar-refractivity contribution in [2.24, 2.45) is 0 Å². The summed E-state index contributed by atoms with van der Waals surface area (Å²) in [6.45, 7) is 2.97. The lowest BCUT2D eigenvalue weighted by Crippen LogP contribution is -2.11. The molecule has 0 bridgehead atoms. The van der Waals surface area contributed by atoms with E-state index in [1.165, 1.54) is 120 Å². The van der Waals surface area contributed by atoms with Gasteiger partial charge in [0.05, 0.1) is 5.69 Å². The molecule has 0 amide bonds. The molecule has 0 atom stereocenters. The Labute approximate surface area is 219 Å². The number of phenols is 1. The van der Waals surface area contributed by atoms with Crippen molar-refractivity contribution in [2.75, 3.05) is 11.9 Å². The Bertz CT molecular complexity index is 931. The number of rotatable bonds is 21. The Morgan fingerprint density at radius 1 is 0.694 bits per heavy atom. The van der Waals surface area contributed by atoms with E-state index < -0.39 is 10.1 Å². The number of nitrogens with one attached hydrogen (secondary N) is 1. The smallest absolute Gasteiger partial charge is 0.339 e. The van der Waals surface area contributed by atoms with Gasteiger partial charge in [-0.05, 0) is 30.7 Å². The molecule has 2 aromatic rings. The van der Waals surface area contributed by atoms with E-state index in [0.29, 0.717) is 12.2 Å². The number of hydrogen-bond donors (Lipinski definition) is 2. The van der Waals surface area contributed by atoms with Gasteiger partial charge in [0.15, 0.2) is 5.75 Å². The van der Waals surface area contributed by atoms with Crippen LogP contribution in [-0.4, -0.2) is 20.1 Å². The normalized spacial score (nSPS) is 11.5. The average molecular weight is 518 g/mol. The highest BCUT2D eigenvalue weighted by molar-refractivity contribution is 7.87. The lowest BCUT2D eigenvalue weighted by molar-refractivity contribution is 0.469. The first-order valence-corrected chi connectivity index (χ1v) is 15.5. The van der Waals surface area contributed by atoms with Gasteiger partial charge in [0, 0.05) is 12.6 Å². The Balaban J connectivity index is 1.54. The molecule has 5 nitrogen and oxygen atoms in total. The van der Waals surface area contributed by atoms with Gasteiger partial charge in [-0.3, -0.25) is 0 Å². The predicted octanol–water partition coefficient (Wildman–Crippen LogP) is 8.83. The van der Waals surface area contributed by atoms with Crippen molar-refractivity contribution >= 4 is 15.8 Å². The van der Waals surface area contributed by atoms with E-state index in [9.17, 15) is 13.5 Å². The molecule has 2 aromatic carbocycles. The first-order chi connectivity index (χ1) is 17.5. The van der Waals surface area contributed by atoms with E-state index in [-0.39, 0.29) is 16.4 Å². The number of unbranched alkanes of at least 4 members (excludes halogenated alkanes) is 15. The van der Waals surface area contributed by atoms with Gasteiger partial charge in [0.1, 0.15) is 10.6 Å². The summed E-state index contributed by atoms with van der Waals surface area (Å²) >= 11 is 0. The van der Waals surface area contributed by atoms with Gasteiger partial charge in [0.2, 0.25) is 0 Å². The zero-order valence-electron chi connectivity index (χ0n) is 22.2. The number of anilines is 1. The van der Waals surface area contributed by atoms with Crippen LogP contribution in [0.3, 0.4) is 0 Å². The minimum absolute atomic E-state index is 0.0638.